The van der Waals surface area contributed by atoms with Crippen LogP contribution in [0.4, 0.5) is 5.69 Å². The van der Waals surface area contributed by atoms with Crippen LogP contribution in [0.2, 0.25) is 0 Å². The number of para-hydroxylation sites is 1. The number of carbonyl (C=O) groups excluding carboxylic acids is 1. The van der Waals surface area contributed by atoms with Gasteiger partial charge in [-0.2, -0.15) is 11.8 Å². The number of aliphatic carboxylic acids is 1. The van der Waals surface area contributed by atoms with Crippen LogP contribution in [-0.2, 0) is 17.9 Å². The van der Waals surface area contributed by atoms with Crippen LogP contribution >= 0.6 is 11.8 Å². The average molecular weight is 615 g/mol. The highest BCUT2D eigenvalue weighted by molar-refractivity contribution is 7.98. The fourth-order valence-electron chi connectivity index (χ4n) is 5.47. The normalized spacial score (nSPS) is 11.5. The molecule has 0 aliphatic rings. The van der Waals surface area contributed by atoms with E-state index >= 15 is 0 Å². The molecular formula is C39H38N2O3S. The van der Waals surface area contributed by atoms with Crippen LogP contribution in [0, 0.1) is 6.92 Å². The van der Waals surface area contributed by atoms with Crippen molar-refractivity contribution in [3.63, 3.8) is 0 Å². The fourth-order valence-corrected chi connectivity index (χ4v) is 5.94. The lowest BCUT2D eigenvalue weighted by atomic mass is 9.93. The van der Waals surface area contributed by atoms with Crippen molar-refractivity contribution in [2.45, 2.75) is 32.5 Å². The number of amides is 1. The SMILES string of the molecule is CSCCC(NC(=O)c1ccc(CN(Cc2ccc(-c3ccccc3)cc2)c2ccccc2)cc1-c1ccccc1C)C(=O)O. The molecule has 0 radical (unpaired) electrons. The molecule has 1 unspecified atom stereocenters. The zero-order chi connectivity index (χ0) is 31.6. The van der Waals surface area contributed by atoms with Crippen molar-refractivity contribution in [2.24, 2.45) is 0 Å². The van der Waals surface area contributed by atoms with Crippen LogP contribution < -0.4 is 10.2 Å². The molecular weight excluding hydrogens is 577 g/mol. The molecule has 45 heavy (non-hydrogen) atoms. The van der Waals surface area contributed by atoms with Crippen molar-refractivity contribution in [1.29, 1.82) is 0 Å². The molecule has 5 rings (SSSR count). The average Bonchev–Trinajstić information content (AvgIpc) is 3.07. The maximum absolute atomic E-state index is 13.6. The van der Waals surface area contributed by atoms with Gasteiger partial charge < -0.3 is 15.3 Å². The number of hydrogen-bond acceptors (Lipinski definition) is 4. The van der Waals surface area contributed by atoms with E-state index in [2.05, 4.69) is 76.9 Å². The topological polar surface area (TPSA) is 69.6 Å². The van der Waals surface area contributed by atoms with Gasteiger partial charge >= 0.3 is 5.97 Å². The Balaban J connectivity index is 1.46. The number of carbonyl (C=O) groups is 2. The minimum atomic E-state index is -1.03. The molecule has 0 spiro atoms. The summed E-state index contributed by atoms with van der Waals surface area (Å²) in [6.07, 6.45) is 2.28. The molecule has 0 aromatic heterocycles. The van der Waals surface area contributed by atoms with Gasteiger partial charge in [0.15, 0.2) is 0 Å². The van der Waals surface area contributed by atoms with Crippen molar-refractivity contribution in [1.82, 2.24) is 5.32 Å². The molecule has 228 valence electrons. The van der Waals surface area contributed by atoms with E-state index in [4.69, 9.17) is 0 Å². The summed E-state index contributed by atoms with van der Waals surface area (Å²) in [5, 5.41) is 12.5. The summed E-state index contributed by atoms with van der Waals surface area (Å²) < 4.78 is 0. The van der Waals surface area contributed by atoms with E-state index in [0.717, 1.165) is 27.9 Å². The highest BCUT2D eigenvalue weighted by Gasteiger charge is 2.23. The Bertz CT molecular complexity index is 1720. The number of thioether (sulfide) groups is 1. The monoisotopic (exact) mass is 614 g/mol. The molecule has 0 saturated carbocycles. The Morgan fingerprint density at radius 2 is 1.33 bits per heavy atom. The molecule has 0 bridgehead atoms. The second kappa shape index (κ2) is 15.3. The third-order valence-corrected chi connectivity index (χ3v) is 8.55. The van der Waals surface area contributed by atoms with E-state index in [1.807, 2.05) is 73.8 Å². The first kappa shape index (κ1) is 31.6. The van der Waals surface area contributed by atoms with Crippen LogP contribution in [0.25, 0.3) is 22.3 Å². The molecule has 5 aromatic rings. The highest BCUT2D eigenvalue weighted by atomic mass is 32.2. The lowest BCUT2D eigenvalue weighted by Gasteiger charge is -2.26. The van der Waals surface area contributed by atoms with Crippen molar-refractivity contribution in [3.8, 4) is 22.3 Å². The van der Waals surface area contributed by atoms with Gasteiger partial charge in [0.25, 0.3) is 5.91 Å². The van der Waals surface area contributed by atoms with E-state index in [1.165, 1.54) is 16.7 Å². The van der Waals surface area contributed by atoms with Gasteiger partial charge in [-0.3, -0.25) is 4.79 Å². The molecule has 0 saturated heterocycles. The molecule has 5 nitrogen and oxygen atoms in total. The number of rotatable bonds is 13. The van der Waals surface area contributed by atoms with Crippen molar-refractivity contribution in [3.05, 3.63) is 150 Å². The molecule has 0 fully saturated rings. The Labute approximate surface area is 269 Å². The number of carboxylic acids is 1. The summed E-state index contributed by atoms with van der Waals surface area (Å²) in [7, 11) is 0. The van der Waals surface area contributed by atoms with Crippen LogP contribution in [0.15, 0.2) is 127 Å². The maximum Gasteiger partial charge on any atom is 0.326 e. The number of aryl methyl sites for hydroxylation is 1. The summed E-state index contributed by atoms with van der Waals surface area (Å²) >= 11 is 1.56. The van der Waals surface area contributed by atoms with Gasteiger partial charge in [-0.1, -0.05) is 103 Å². The fraction of sp³-hybridized carbons (Fsp3) is 0.179. The molecule has 0 heterocycles. The quantitative estimate of drug-likeness (QED) is 0.139. The van der Waals surface area contributed by atoms with Gasteiger partial charge in [-0.25, -0.2) is 4.79 Å². The van der Waals surface area contributed by atoms with E-state index in [-0.39, 0.29) is 5.91 Å². The van der Waals surface area contributed by atoms with Crippen molar-refractivity contribution >= 4 is 29.3 Å². The van der Waals surface area contributed by atoms with Crippen LogP contribution in [0.3, 0.4) is 0 Å². The number of nitrogens with one attached hydrogen (secondary N) is 1. The van der Waals surface area contributed by atoms with Gasteiger partial charge in [0.05, 0.1) is 0 Å². The Morgan fingerprint density at radius 3 is 2.00 bits per heavy atom. The smallest absolute Gasteiger partial charge is 0.326 e. The van der Waals surface area contributed by atoms with Crippen LogP contribution in [-0.4, -0.2) is 35.0 Å². The third-order valence-electron chi connectivity index (χ3n) is 7.91. The summed E-state index contributed by atoms with van der Waals surface area (Å²) in [4.78, 5) is 27.8. The van der Waals surface area contributed by atoms with E-state index < -0.39 is 12.0 Å². The van der Waals surface area contributed by atoms with E-state index in [9.17, 15) is 14.7 Å². The minimum absolute atomic E-state index is 0.360. The Hall–Kier alpha value is -4.81. The zero-order valence-corrected chi connectivity index (χ0v) is 26.5. The number of hydrogen-bond donors (Lipinski definition) is 2. The van der Waals surface area contributed by atoms with Gasteiger partial charge in [-0.15, -0.1) is 0 Å². The predicted octanol–water partition coefficient (Wildman–Crippen LogP) is 8.47. The van der Waals surface area contributed by atoms with Gasteiger partial charge in [0.2, 0.25) is 0 Å². The summed E-state index contributed by atoms with van der Waals surface area (Å²) in [5.74, 6) is -0.765. The second-order valence-corrected chi connectivity index (χ2v) is 12.1. The summed E-state index contributed by atoms with van der Waals surface area (Å²) in [5.41, 5.74) is 8.95. The first-order valence-electron chi connectivity index (χ1n) is 15.1. The third kappa shape index (κ3) is 8.22. The van der Waals surface area contributed by atoms with Gasteiger partial charge in [-0.05, 0) is 88.6 Å². The van der Waals surface area contributed by atoms with Crippen molar-refractivity contribution < 1.29 is 14.7 Å². The lowest BCUT2D eigenvalue weighted by Crippen LogP contribution is -2.41. The van der Waals surface area contributed by atoms with Crippen LogP contribution in [0.5, 0.6) is 0 Å². The standard InChI is InChI=1S/C39H38N2O3S/c1-28-11-9-10-16-34(28)36-25-30(19-22-35(36)38(42)40-37(39(43)44)23-24-45-2)27-41(33-14-7-4-8-15-33)26-29-17-20-32(21-18-29)31-12-5-3-6-13-31/h3-22,25,37H,23-24,26-27H2,1-2H3,(H,40,42)(H,43,44). The molecule has 2 N–H and O–H groups in total. The summed E-state index contributed by atoms with van der Waals surface area (Å²) in [6, 6.07) is 42.3. The summed E-state index contributed by atoms with van der Waals surface area (Å²) in [6.45, 7) is 3.35. The molecule has 0 aliphatic carbocycles. The number of nitrogens with zero attached hydrogens (tertiary/aromatic N) is 1. The van der Waals surface area contributed by atoms with Gasteiger partial charge in [0.1, 0.15) is 6.04 Å². The van der Waals surface area contributed by atoms with E-state index in [1.54, 1.807) is 11.8 Å². The first-order valence-corrected chi connectivity index (χ1v) is 16.5. The number of carboxylic acid groups (broad SMARTS) is 1. The maximum atomic E-state index is 13.6. The lowest BCUT2D eigenvalue weighted by molar-refractivity contribution is -0.139. The minimum Gasteiger partial charge on any atom is -0.480 e. The Kier molecular flexibility index (Phi) is 10.7. The second-order valence-electron chi connectivity index (χ2n) is 11.1. The largest absolute Gasteiger partial charge is 0.480 e. The number of anilines is 1. The Morgan fingerprint density at radius 1 is 0.733 bits per heavy atom. The molecule has 1 atom stereocenters. The van der Waals surface area contributed by atoms with Crippen molar-refractivity contribution in [2.75, 3.05) is 16.9 Å². The predicted molar refractivity (Wildman–Crippen MR) is 187 cm³/mol. The van der Waals surface area contributed by atoms with Crippen LogP contribution in [0.1, 0.15) is 33.5 Å². The first-order chi connectivity index (χ1) is 21.9. The molecule has 5 aromatic carbocycles. The molecule has 1 amide bonds. The highest BCUT2D eigenvalue weighted by Crippen LogP contribution is 2.30. The molecule has 6 heteroatoms. The zero-order valence-electron chi connectivity index (χ0n) is 25.6. The van der Waals surface area contributed by atoms with Gasteiger partial charge in [0, 0.05) is 24.3 Å². The number of benzene rings is 5. The molecule has 0 aliphatic heterocycles. The van der Waals surface area contributed by atoms with E-state index in [0.29, 0.717) is 30.8 Å².